The molecule has 4 nitrogen and oxygen atoms in total. The molecule has 4 heteroatoms. The number of nitrogens with one attached hydrogen (secondary N) is 1. The van der Waals surface area contributed by atoms with Crippen LogP contribution in [0.15, 0.2) is 12.4 Å². The number of rotatable bonds is 3. The largest absolute Gasteiger partial charge is 0.382 e. The molecule has 0 aliphatic heterocycles. The molecule has 1 aliphatic rings. The minimum absolute atomic E-state index is 0.298. The van der Waals surface area contributed by atoms with E-state index >= 15 is 0 Å². The molecule has 1 saturated carbocycles. The number of hydrogen-bond donors (Lipinski definition) is 2. The van der Waals surface area contributed by atoms with Crippen molar-refractivity contribution in [1.82, 2.24) is 9.78 Å². The Labute approximate surface area is 110 Å². The van der Waals surface area contributed by atoms with E-state index in [-0.39, 0.29) is 0 Å². The molecule has 2 rings (SSSR count). The van der Waals surface area contributed by atoms with Crippen LogP contribution in [0.5, 0.6) is 0 Å². The predicted octanol–water partition coefficient (Wildman–Crippen LogP) is 2.23. The van der Waals surface area contributed by atoms with Crippen molar-refractivity contribution < 1.29 is 0 Å². The summed E-state index contributed by atoms with van der Waals surface area (Å²) in [5.74, 6) is 1.25. The van der Waals surface area contributed by atoms with E-state index in [1.807, 2.05) is 24.1 Å². The van der Waals surface area contributed by atoms with E-state index in [1.165, 1.54) is 6.42 Å². The molecule has 3 atom stereocenters. The van der Waals surface area contributed by atoms with Gasteiger partial charge in [-0.2, -0.15) is 5.10 Å². The highest BCUT2D eigenvalue weighted by Gasteiger charge is 2.41. The normalized spacial score (nSPS) is 31.3. The first-order valence-electron chi connectivity index (χ1n) is 6.89. The molecule has 0 aromatic carbocycles. The van der Waals surface area contributed by atoms with Crippen LogP contribution in [0.4, 0.5) is 5.69 Å². The van der Waals surface area contributed by atoms with Crippen LogP contribution in [0.3, 0.4) is 0 Å². The Morgan fingerprint density at radius 1 is 1.50 bits per heavy atom. The fourth-order valence-electron chi connectivity index (χ4n) is 3.06. The molecule has 0 bridgehead atoms. The third kappa shape index (κ3) is 2.53. The van der Waals surface area contributed by atoms with Crippen LogP contribution >= 0.6 is 0 Å². The lowest BCUT2D eigenvalue weighted by molar-refractivity contribution is 0.0620. The van der Waals surface area contributed by atoms with Crippen LogP contribution in [0, 0.1) is 17.3 Å². The van der Waals surface area contributed by atoms with Crippen molar-refractivity contribution in [3.8, 4) is 0 Å². The fraction of sp³-hybridized carbons (Fsp3) is 0.786. The standard InChI is InChI=1S/C14H26N4/c1-10-13(15)6-5-11(14(10,2)3)7-16-12-8-17-18(4)9-12/h8-11,13,16H,5-7,15H2,1-4H3. The Hall–Kier alpha value is -1.03. The first kappa shape index (κ1) is 13.4. The monoisotopic (exact) mass is 250 g/mol. The summed E-state index contributed by atoms with van der Waals surface area (Å²) in [6.45, 7) is 8.01. The van der Waals surface area contributed by atoms with E-state index in [1.54, 1.807) is 0 Å². The zero-order valence-corrected chi connectivity index (χ0v) is 12.0. The Bertz CT molecular complexity index is 396. The van der Waals surface area contributed by atoms with E-state index < -0.39 is 0 Å². The molecule has 1 aliphatic carbocycles. The van der Waals surface area contributed by atoms with Crippen molar-refractivity contribution >= 4 is 5.69 Å². The summed E-state index contributed by atoms with van der Waals surface area (Å²) >= 11 is 0. The molecular weight excluding hydrogens is 224 g/mol. The maximum Gasteiger partial charge on any atom is 0.0726 e. The van der Waals surface area contributed by atoms with Gasteiger partial charge >= 0.3 is 0 Å². The van der Waals surface area contributed by atoms with E-state index in [2.05, 4.69) is 31.2 Å². The summed E-state index contributed by atoms with van der Waals surface area (Å²) in [5.41, 5.74) is 7.60. The van der Waals surface area contributed by atoms with Crippen LogP contribution in [-0.4, -0.2) is 22.4 Å². The first-order valence-corrected chi connectivity index (χ1v) is 6.89. The van der Waals surface area contributed by atoms with Gasteiger partial charge in [-0.3, -0.25) is 4.68 Å². The van der Waals surface area contributed by atoms with E-state index in [0.717, 1.165) is 18.7 Å². The molecule has 0 amide bonds. The summed E-state index contributed by atoms with van der Waals surface area (Å²) in [6, 6.07) is 0.356. The lowest BCUT2D eigenvalue weighted by atomic mass is 9.61. The molecule has 0 saturated heterocycles. The molecule has 1 aromatic rings. The molecule has 3 N–H and O–H groups in total. The third-order valence-corrected chi connectivity index (χ3v) is 4.97. The predicted molar refractivity (Wildman–Crippen MR) is 75.3 cm³/mol. The number of anilines is 1. The molecule has 1 fully saturated rings. The van der Waals surface area contributed by atoms with Crippen LogP contribution in [-0.2, 0) is 7.05 Å². The molecule has 3 unspecified atom stereocenters. The minimum Gasteiger partial charge on any atom is -0.382 e. The summed E-state index contributed by atoms with van der Waals surface area (Å²) < 4.78 is 1.83. The highest BCUT2D eigenvalue weighted by Crippen LogP contribution is 2.44. The second-order valence-electron chi connectivity index (χ2n) is 6.33. The van der Waals surface area contributed by atoms with Gasteiger partial charge in [0, 0.05) is 25.8 Å². The lowest BCUT2D eigenvalue weighted by Gasteiger charge is -2.47. The second kappa shape index (κ2) is 4.92. The highest BCUT2D eigenvalue weighted by molar-refractivity contribution is 5.38. The van der Waals surface area contributed by atoms with E-state index in [9.17, 15) is 0 Å². The van der Waals surface area contributed by atoms with Gasteiger partial charge in [-0.1, -0.05) is 20.8 Å². The minimum atomic E-state index is 0.298. The second-order valence-corrected chi connectivity index (χ2v) is 6.33. The lowest BCUT2D eigenvalue weighted by Crippen LogP contribution is -2.48. The summed E-state index contributed by atoms with van der Waals surface area (Å²) in [6.07, 6.45) is 6.26. The van der Waals surface area contributed by atoms with E-state index in [4.69, 9.17) is 5.73 Å². The van der Waals surface area contributed by atoms with Gasteiger partial charge in [0.05, 0.1) is 11.9 Å². The molecule has 102 valence electrons. The van der Waals surface area contributed by atoms with Gasteiger partial charge in [0.15, 0.2) is 0 Å². The van der Waals surface area contributed by atoms with Gasteiger partial charge in [0.1, 0.15) is 0 Å². The van der Waals surface area contributed by atoms with Gasteiger partial charge < -0.3 is 11.1 Å². The van der Waals surface area contributed by atoms with Crippen molar-refractivity contribution in [3.63, 3.8) is 0 Å². The fourth-order valence-corrected chi connectivity index (χ4v) is 3.06. The highest BCUT2D eigenvalue weighted by atomic mass is 15.3. The van der Waals surface area contributed by atoms with Gasteiger partial charge in [-0.15, -0.1) is 0 Å². The Morgan fingerprint density at radius 2 is 2.22 bits per heavy atom. The number of nitrogens with two attached hydrogens (primary N) is 1. The van der Waals surface area contributed by atoms with Gasteiger partial charge in [0.2, 0.25) is 0 Å². The van der Waals surface area contributed by atoms with Crippen LogP contribution in [0.1, 0.15) is 33.6 Å². The van der Waals surface area contributed by atoms with Crippen molar-refractivity contribution in [3.05, 3.63) is 12.4 Å². The SMILES string of the molecule is CC1C(N)CCC(CNc2cnn(C)c2)C1(C)C. The molecular formula is C14H26N4. The molecule has 0 radical (unpaired) electrons. The molecule has 0 spiro atoms. The quantitative estimate of drug-likeness (QED) is 0.865. The van der Waals surface area contributed by atoms with Gasteiger partial charge in [-0.05, 0) is 30.1 Å². The van der Waals surface area contributed by atoms with Gasteiger partial charge in [-0.25, -0.2) is 0 Å². The Kier molecular flexibility index (Phi) is 3.66. The van der Waals surface area contributed by atoms with Crippen LogP contribution in [0.25, 0.3) is 0 Å². The van der Waals surface area contributed by atoms with Crippen molar-refractivity contribution in [2.45, 2.75) is 39.7 Å². The third-order valence-electron chi connectivity index (χ3n) is 4.97. The molecule has 1 heterocycles. The van der Waals surface area contributed by atoms with Crippen molar-refractivity contribution in [2.24, 2.45) is 30.0 Å². The smallest absolute Gasteiger partial charge is 0.0726 e. The van der Waals surface area contributed by atoms with Gasteiger partial charge in [0.25, 0.3) is 0 Å². The number of nitrogens with zero attached hydrogens (tertiary/aromatic N) is 2. The number of aromatic nitrogens is 2. The first-order chi connectivity index (χ1) is 8.41. The van der Waals surface area contributed by atoms with Crippen molar-refractivity contribution in [1.29, 1.82) is 0 Å². The summed E-state index contributed by atoms with van der Waals surface area (Å²) in [7, 11) is 1.94. The van der Waals surface area contributed by atoms with E-state index in [0.29, 0.717) is 23.3 Å². The zero-order chi connectivity index (χ0) is 13.3. The maximum absolute atomic E-state index is 6.19. The average molecular weight is 250 g/mol. The Balaban J connectivity index is 1.96. The topological polar surface area (TPSA) is 55.9 Å². The zero-order valence-electron chi connectivity index (χ0n) is 12.0. The molecule has 18 heavy (non-hydrogen) atoms. The number of aryl methyl sites for hydroxylation is 1. The molecule has 1 aromatic heterocycles. The summed E-state index contributed by atoms with van der Waals surface area (Å²) in [5, 5.41) is 7.68. The Morgan fingerprint density at radius 3 is 2.83 bits per heavy atom. The summed E-state index contributed by atoms with van der Waals surface area (Å²) in [4.78, 5) is 0. The average Bonchev–Trinajstić information content (AvgIpc) is 2.71. The van der Waals surface area contributed by atoms with Crippen LogP contribution < -0.4 is 11.1 Å². The van der Waals surface area contributed by atoms with Crippen LogP contribution in [0.2, 0.25) is 0 Å². The maximum atomic E-state index is 6.19. The number of hydrogen-bond acceptors (Lipinski definition) is 3. The van der Waals surface area contributed by atoms with Crippen molar-refractivity contribution in [2.75, 3.05) is 11.9 Å².